The fourth-order valence-electron chi connectivity index (χ4n) is 3.60. The third-order valence-corrected chi connectivity index (χ3v) is 6.88. The molecule has 1 aromatic carbocycles. The highest BCUT2D eigenvalue weighted by atomic mass is 32.1. The number of carbonyl (C=O) groups excluding carboxylic acids is 1. The van der Waals surface area contributed by atoms with Crippen LogP contribution in [0.15, 0.2) is 46.8 Å². The number of carbonyl (C=O) groups is 1. The molecule has 27 heavy (non-hydrogen) atoms. The Hall–Kier alpha value is -2.58. The van der Waals surface area contributed by atoms with Gasteiger partial charge in [0.15, 0.2) is 0 Å². The molecule has 0 radical (unpaired) electrons. The summed E-state index contributed by atoms with van der Waals surface area (Å²) >= 11 is 3.07. The predicted octanol–water partition coefficient (Wildman–Crippen LogP) is 3.43. The van der Waals surface area contributed by atoms with Gasteiger partial charge < -0.3 is 4.90 Å². The molecule has 0 spiro atoms. The minimum atomic E-state index is -0.162. The molecule has 0 unspecified atom stereocenters. The monoisotopic (exact) mass is 396 g/mol. The summed E-state index contributed by atoms with van der Waals surface area (Å²) in [4.78, 5) is 37.1. The smallest absolute Gasteiger partial charge is 0.262 e. The van der Waals surface area contributed by atoms with Crippen LogP contribution in [0.3, 0.4) is 0 Å². The summed E-state index contributed by atoms with van der Waals surface area (Å²) in [6, 6.07) is 9.78. The molecule has 4 aromatic rings. The van der Waals surface area contributed by atoms with Gasteiger partial charge in [0.05, 0.1) is 28.0 Å². The van der Waals surface area contributed by atoms with Gasteiger partial charge in [0.1, 0.15) is 16.4 Å². The number of hydrogen-bond donors (Lipinski definition) is 0. The molecular formula is C19H16N4O2S2. The van der Waals surface area contributed by atoms with E-state index in [1.165, 1.54) is 22.2 Å². The van der Waals surface area contributed by atoms with Crippen molar-refractivity contribution in [2.45, 2.75) is 25.4 Å². The number of benzene rings is 1. The number of aromatic nitrogens is 3. The number of thiazole rings is 1. The Balaban J connectivity index is 1.43. The van der Waals surface area contributed by atoms with Crippen molar-refractivity contribution in [3.05, 3.63) is 57.4 Å². The zero-order chi connectivity index (χ0) is 18.4. The van der Waals surface area contributed by atoms with Crippen LogP contribution in [0.5, 0.6) is 0 Å². The molecule has 1 aliphatic rings. The van der Waals surface area contributed by atoms with Crippen molar-refractivity contribution in [2.75, 3.05) is 6.54 Å². The molecule has 0 N–H and O–H groups in total. The molecule has 4 heterocycles. The van der Waals surface area contributed by atoms with Crippen LogP contribution < -0.4 is 5.56 Å². The van der Waals surface area contributed by atoms with E-state index in [4.69, 9.17) is 4.98 Å². The number of thiophene rings is 1. The minimum Gasteiger partial charge on any atom is -0.332 e. The van der Waals surface area contributed by atoms with Gasteiger partial charge in [-0.25, -0.2) is 9.97 Å². The van der Waals surface area contributed by atoms with Crippen LogP contribution in [0.2, 0.25) is 0 Å². The first-order valence-corrected chi connectivity index (χ1v) is 10.5. The molecule has 1 amide bonds. The summed E-state index contributed by atoms with van der Waals surface area (Å²) in [5.74, 6) is -0.0600. The lowest BCUT2D eigenvalue weighted by Gasteiger charge is -2.23. The lowest BCUT2D eigenvalue weighted by atomic mass is 10.2. The fraction of sp³-hybridized carbons (Fsp3) is 0.263. The summed E-state index contributed by atoms with van der Waals surface area (Å²) in [7, 11) is 0. The lowest BCUT2D eigenvalue weighted by Crippen LogP contribution is -2.36. The summed E-state index contributed by atoms with van der Waals surface area (Å²) in [6.07, 6.45) is 3.33. The Kier molecular flexibility index (Phi) is 4.02. The first-order chi connectivity index (χ1) is 13.2. The number of amides is 1. The molecule has 1 aliphatic heterocycles. The highest BCUT2D eigenvalue weighted by Gasteiger charge is 2.32. The number of para-hydroxylation sites is 1. The molecule has 1 fully saturated rings. The van der Waals surface area contributed by atoms with Gasteiger partial charge in [0.25, 0.3) is 5.56 Å². The van der Waals surface area contributed by atoms with Gasteiger partial charge >= 0.3 is 0 Å². The SMILES string of the molecule is O=C(Cn1cnc2sccc2c1=O)N1CCC[C@H]1c1nc2ccccc2s1. The highest BCUT2D eigenvalue weighted by molar-refractivity contribution is 7.18. The van der Waals surface area contributed by atoms with Gasteiger partial charge in [0, 0.05) is 6.54 Å². The second-order valence-corrected chi connectivity index (χ2v) is 8.54. The Morgan fingerprint density at radius 3 is 3.04 bits per heavy atom. The molecular weight excluding hydrogens is 380 g/mol. The van der Waals surface area contributed by atoms with Gasteiger partial charge in [0.2, 0.25) is 5.91 Å². The quantitative estimate of drug-likeness (QED) is 0.532. The van der Waals surface area contributed by atoms with Crippen molar-refractivity contribution >= 4 is 49.0 Å². The Morgan fingerprint density at radius 2 is 2.15 bits per heavy atom. The van der Waals surface area contributed by atoms with E-state index in [0.29, 0.717) is 16.8 Å². The summed E-state index contributed by atoms with van der Waals surface area (Å²) in [5, 5.41) is 3.38. The molecule has 0 saturated carbocycles. The predicted molar refractivity (Wildman–Crippen MR) is 107 cm³/mol. The summed E-state index contributed by atoms with van der Waals surface area (Å²) in [5.41, 5.74) is 0.811. The van der Waals surface area contributed by atoms with Gasteiger partial charge in [-0.15, -0.1) is 22.7 Å². The molecule has 136 valence electrons. The second kappa shape index (κ2) is 6.54. The van der Waals surface area contributed by atoms with Crippen LogP contribution in [-0.4, -0.2) is 31.9 Å². The molecule has 1 atom stereocenters. The van der Waals surface area contributed by atoms with E-state index in [9.17, 15) is 9.59 Å². The number of fused-ring (bicyclic) bond motifs is 2. The van der Waals surface area contributed by atoms with Gasteiger partial charge in [-0.1, -0.05) is 12.1 Å². The van der Waals surface area contributed by atoms with Crippen LogP contribution in [0, 0.1) is 0 Å². The van der Waals surface area contributed by atoms with Gasteiger partial charge in [-0.3, -0.25) is 14.2 Å². The van der Waals surface area contributed by atoms with E-state index < -0.39 is 0 Å². The van der Waals surface area contributed by atoms with E-state index >= 15 is 0 Å². The Labute approximate surface area is 162 Å². The zero-order valence-electron chi connectivity index (χ0n) is 14.4. The molecule has 5 rings (SSSR count). The van der Waals surface area contributed by atoms with Crippen LogP contribution in [0.4, 0.5) is 0 Å². The maximum absolute atomic E-state index is 13.0. The number of nitrogens with zero attached hydrogens (tertiary/aromatic N) is 4. The largest absolute Gasteiger partial charge is 0.332 e. The maximum Gasteiger partial charge on any atom is 0.262 e. The molecule has 0 aliphatic carbocycles. The summed E-state index contributed by atoms with van der Waals surface area (Å²) in [6.45, 7) is 0.710. The van der Waals surface area contributed by atoms with Crippen LogP contribution in [0.25, 0.3) is 20.4 Å². The molecule has 6 nitrogen and oxygen atoms in total. The van der Waals surface area contributed by atoms with Crippen molar-refractivity contribution in [3.8, 4) is 0 Å². The summed E-state index contributed by atoms with van der Waals surface area (Å²) < 4.78 is 2.54. The van der Waals surface area contributed by atoms with Crippen LogP contribution >= 0.6 is 22.7 Å². The number of rotatable bonds is 3. The lowest BCUT2D eigenvalue weighted by molar-refractivity contribution is -0.132. The van der Waals surface area contributed by atoms with Crippen LogP contribution in [0.1, 0.15) is 23.9 Å². The standard InChI is InChI=1S/C19H16N4O2S2/c24-16(10-22-11-20-17-12(19(22)25)7-9-26-17)23-8-3-5-14(23)18-21-13-4-1-2-6-15(13)27-18/h1-2,4,6-7,9,11,14H,3,5,8,10H2/t14-/m0/s1. The van der Waals surface area contributed by atoms with Crippen molar-refractivity contribution in [3.63, 3.8) is 0 Å². The fourth-order valence-corrected chi connectivity index (χ4v) is 5.44. The highest BCUT2D eigenvalue weighted by Crippen LogP contribution is 2.36. The number of hydrogen-bond acceptors (Lipinski definition) is 6. The van der Waals surface area contributed by atoms with Crippen LogP contribution in [-0.2, 0) is 11.3 Å². The average Bonchev–Trinajstić information content (AvgIpc) is 3.42. The van der Waals surface area contributed by atoms with Crippen molar-refractivity contribution < 1.29 is 4.79 Å². The second-order valence-electron chi connectivity index (χ2n) is 6.58. The van der Waals surface area contributed by atoms with Gasteiger partial charge in [-0.05, 0) is 36.4 Å². The molecule has 8 heteroatoms. The van der Waals surface area contributed by atoms with E-state index in [-0.39, 0.29) is 24.1 Å². The molecule has 0 bridgehead atoms. The van der Waals surface area contributed by atoms with Gasteiger partial charge in [-0.2, -0.15) is 0 Å². The van der Waals surface area contributed by atoms with Crippen molar-refractivity contribution in [1.82, 2.24) is 19.4 Å². The first-order valence-electron chi connectivity index (χ1n) is 8.78. The van der Waals surface area contributed by atoms with Crippen molar-refractivity contribution in [1.29, 1.82) is 0 Å². The van der Waals surface area contributed by atoms with E-state index in [2.05, 4.69) is 11.1 Å². The Morgan fingerprint density at radius 1 is 1.26 bits per heavy atom. The van der Waals surface area contributed by atoms with E-state index in [0.717, 1.165) is 28.1 Å². The van der Waals surface area contributed by atoms with Crippen molar-refractivity contribution in [2.24, 2.45) is 0 Å². The molecule has 1 saturated heterocycles. The minimum absolute atomic E-state index is 0.0107. The van der Waals surface area contributed by atoms with E-state index in [1.54, 1.807) is 17.4 Å². The zero-order valence-corrected chi connectivity index (χ0v) is 16.0. The third kappa shape index (κ3) is 2.85. The maximum atomic E-state index is 13.0. The first kappa shape index (κ1) is 16.6. The average molecular weight is 396 g/mol. The number of likely N-dealkylation sites (tertiary alicyclic amines) is 1. The molecule has 3 aromatic heterocycles. The third-order valence-electron chi connectivity index (χ3n) is 4.92. The topological polar surface area (TPSA) is 68.1 Å². The van der Waals surface area contributed by atoms with E-state index in [1.807, 2.05) is 28.5 Å². The normalized spacial score (nSPS) is 17.2. The Bertz CT molecular complexity index is 1180.